The van der Waals surface area contributed by atoms with Crippen LogP contribution in [-0.2, 0) is 6.54 Å². The maximum absolute atomic E-state index is 12.5. The molecule has 1 aromatic heterocycles. The summed E-state index contributed by atoms with van der Waals surface area (Å²) < 4.78 is 1.93. The van der Waals surface area contributed by atoms with E-state index in [1.54, 1.807) is 6.07 Å². The molecule has 0 aliphatic carbocycles. The lowest BCUT2D eigenvalue weighted by Crippen LogP contribution is -2.28. The van der Waals surface area contributed by atoms with Gasteiger partial charge in [0.05, 0.1) is 6.61 Å². The van der Waals surface area contributed by atoms with Crippen molar-refractivity contribution in [2.45, 2.75) is 31.5 Å². The Labute approximate surface area is 140 Å². The van der Waals surface area contributed by atoms with E-state index in [0.29, 0.717) is 31.5 Å². The molecular weight excluding hydrogens is 304 g/mol. The lowest BCUT2D eigenvalue weighted by Gasteiger charge is -2.10. The molecule has 1 aromatic carbocycles. The molecule has 24 heavy (non-hydrogen) atoms. The molecule has 124 valence electrons. The molecule has 0 saturated carbocycles. The quantitative estimate of drug-likeness (QED) is 0.731. The first-order valence-corrected chi connectivity index (χ1v) is 8.03. The van der Waals surface area contributed by atoms with E-state index < -0.39 is 0 Å². The van der Waals surface area contributed by atoms with E-state index in [1.165, 1.54) is 0 Å². The fraction of sp³-hybridized carbons (Fsp3) is 0.389. The number of nitrogens with zero attached hydrogens (tertiary/aromatic N) is 3. The van der Waals surface area contributed by atoms with Gasteiger partial charge in [0.15, 0.2) is 5.66 Å². The molecule has 1 aliphatic heterocycles. The van der Waals surface area contributed by atoms with E-state index in [4.69, 9.17) is 11.5 Å². The smallest absolute Gasteiger partial charge is 0.251 e. The van der Waals surface area contributed by atoms with Gasteiger partial charge in [-0.05, 0) is 18.2 Å². The third-order valence-corrected chi connectivity index (χ3v) is 4.26. The molecule has 0 unspecified atom stereocenters. The van der Waals surface area contributed by atoms with Crippen LogP contribution in [-0.4, -0.2) is 34.4 Å². The van der Waals surface area contributed by atoms with E-state index in [1.807, 2.05) is 29.0 Å². The van der Waals surface area contributed by atoms with Crippen LogP contribution in [0.15, 0.2) is 40.7 Å². The molecule has 1 amide bonds. The zero-order valence-corrected chi connectivity index (χ0v) is 13.4. The molecule has 1 aliphatic rings. The molecule has 2 heterocycles. The van der Waals surface area contributed by atoms with Crippen molar-refractivity contribution in [2.24, 2.45) is 10.2 Å². The largest absolute Gasteiger partial charge is 0.395 e. The molecule has 0 saturated heterocycles. The van der Waals surface area contributed by atoms with Gasteiger partial charge in [-0.15, -0.1) is 12.3 Å². The van der Waals surface area contributed by atoms with E-state index in [0.717, 1.165) is 17.3 Å². The summed E-state index contributed by atoms with van der Waals surface area (Å²) in [5, 5.41) is 21.1. The Morgan fingerprint density at radius 1 is 1.33 bits per heavy atom. The molecule has 3 rings (SSSR count). The van der Waals surface area contributed by atoms with Crippen LogP contribution < -0.4 is 5.32 Å². The monoisotopic (exact) mass is 324 g/mol. The Morgan fingerprint density at radius 2 is 2.17 bits per heavy atom. The Balaban J connectivity index is 1.63. The number of fused-ring (bicyclic) bond motifs is 1. The highest BCUT2D eigenvalue weighted by Gasteiger charge is 2.38. The minimum Gasteiger partial charge on any atom is -0.395 e. The average molecular weight is 324 g/mol. The number of aromatic nitrogens is 1. The molecule has 0 radical (unpaired) electrons. The van der Waals surface area contributed by atoms with Crippen molar-refractivity contribution in [3.8, 4) is 12.3 Å². The number of aliphatic hydroxyl groups is 1. The van der Waals surface area contributed by atoms with E-state index in [9.17, 15) is 4.79 Å². The van der Waals surface area contributed by atoms with Crippen molar-refractivity contribution in [1.82, 2.24) is 9.88 Å². The van der Waals surface area contributed by atoms with Gasteiger partial charge in [-0.25, -0.2) is 0 Å². The van der Waals surface area contributed by atoms with Gasteiger partial charge in [0.2, 0.25) is 0 Å². The van der Waals surface area contributed by atoms with Crippen molar-refractivity contribution in [3.63, 3.8) is 0 Å². The number of carbonyl (C=O) groups is 1. The number of rotatable bonds is 8. The predicted octanol–water partition coefficient (Wildman–Crippen LogP) is 2.33. The second-order valence-electron chi connectivity index (χ2n) is 5.86. The van der Waals surface area contributed by atoms with Crippen molar-refractivity contribution >= 4 is 16.8 Å². The first-order valence-electron chi connectivity index (χ1n) is 8.03. The number of terminal acetylenes is 1. The van der Waals surface area contributed by atoms with Crippen molar-refractivity contribution < 1.29 is 9.90 Å². The van der Waals surface area contributed by atoms with E-state index in [2.05, 4.69) is 21.5 Å². The highest BCUT2D eigenvalue weighted by atomic mass is 16.3. The summed E-state index contributed by atoms with van der Waals surface area (Å²) in [6, 6.07) is 7.50. The van der Waals surface area contributed by atoms with Gasteiger partial charge in [0.25, 0.3) is 5.91 Å². The second-order valence-corrected chi connectivity index (χ2v) is 5.86. The minimum atomic E-state index is -0.379. The highest BCUT2D eigenvalue weighted by molar-refractivity contribution is 6.06. The van der Waals surface area contributed by atoms with Gasteiger partial charge in [-0.3, -0.25) is 4.79 Å². The third kappa shape index (κ3) is 3.31. The number of carbonyl (C=O) groups excluding carboxylic acids is 1. The first kappa shape index (κ1) is 16.2. The van der Waals surface area contributed by atoms with Crippen molar-refractivity contribution in [3.05, 3.63) is 36.0 Å². The fourth-order valence-electron chi connectivity index (χ4n) is 2.86. The summed E-state index contributed by atoms with van der Waals surface area (Å²) in [5.74, 6) is 2.48. The van der Waals surface area contributed by atoms with Gasteiger partial charge in [-0.2, -0.15) is 10.2 Å². The van der Waals surface area contributed by atoms with Crippen molar-refractivity contribution in [1.29, 1.82) is 0 Å². The Morgan fingerprint density at radius 3 is 2.88 bits per heavy atom. The normalized spacial score (nSPS) is 14.5. The maximum Gasteiger partial charge on any atom is 0.251 e. The minimum absolute atomic E-state index is 0.0624. The number of hydrogen-bond donors (Lipinski definition) is 2. The number of hydrogen-bond acceptors (Lipinski definition) is 4. The maximum atomic E-state index is 12.5. The lowest BCUT2D eigenvalue weighted by molar-refractivity contribution is 0.0953. The summed E-state index contributed by atoms with van der Waals surface area (Å²) in [6.07, 6.45) is 9.20. The van der Waals surface area contributed by atoms with Gasteiger partial charge < -0.3 is 15.0 Å². The molecule has 2 aromatic rings. The van der Waals surface area contributed by atoms with Crippen LogP contribution in [0, 0.1) is 12.3 Å². The highest BCUT2D eigenvalue weighted by Crippen LogP contribution is 2.36. The van der Waals surface area contributed by atoms with Crippen LogP contribution in [0.4, 0.5) is 0 Å². The van der Waals surface area contributed by atoms with E-state index >= 15 is 0 Å². The summed E-state index contributed by atoms with van der Waals surface area (Å²) in [7, 11) is 0. The number of aliphatic hydroxyl groups excluding tert-OH is 1. The average Bonchev–Trinajstić information content (AvgIpc) is 3.25. The van der Waals surface area contributed by atoms with Gasteiger partial charge in [-0.1, -0.05) is 6.07 Å². The van der Waals surface area contributed by atoms with Crippen LogP contribution in [0.5, 0.6) is 0 Å². The van der Waals surface area contributed by atoms with Gasteiger partial charge in [0.1, 0.15) is 0 Å². The summed E-state index contributed by atoms with van der Waals surface area (Å²) in [5.41, 5.74) is 1.19. The van der Waals surface area contributed by atoms with Crippen molar-refractivity contribution in [2.75, 3.05) is 13.2 Å². The van der Waals surface area contributed by atoms with Gasteiger partial charge in [0, 0.05) is 55.0 Å². The SMILES string of the molecule is C#CCCC1(CCNC(=O)c2cccc3c2ccn3CCO)N=N1. The summed E-state index contributed by atoms with van der Waals surface area (Å²) in [6.45, 7) is 1.08. The molecule has 2 N–H and O–H groups in total. The number of nitrogens with one attached hydrogen (secondary N) is 1. The van der Waals surface area contributed by atoms with Crippen LogP contribution in [0.2, 0.25) is 0 Å². The van der Waals surface area contributed by atoms with Crippen LogP contribution in [0.3, 0.4) is 0 Å². The van der Waals surface area contributed by atoms with Gasteiger partial charge >= 0.3 is 0 Å². The lowest BCUT2D eigenvalue weighted by atomic mass is 10.0. The Bertz CT molecular complexity index is 810. The number of amides is 1. The third-order valence-electron chi connectivity index (χ3n) is 4.26. The second kappa shape index (κ2) is 6.85. The number of benzene rings is 1. The van der Waals surface area contributed by atoms with Crippen LogP contribution in [0.25, 0.3) is 10.9 Å². The van der Waals surface area contributed by atoms with E-state index in [-0.39, 0.29) is 18.2 Å². The Kier molecular flexibility index (Phi) is 4.63. The predicted molar refractivity (Wildman–Crippen MR) is 91.6 cm³/mol. The molecule has 6 nitrogen and oxygen atoms in total. The first-order chi connectivity index (χ1) is 11.7. The zero-order chi connectivity index (χ0) is 17.0. The molecule has 0 fully saturated rings. The zero-order valence-electron chi connectivity index (χ0n) is 13.4. The molecular formula is C18H20N4O2. The summed E-state index contributed by atoms with van der Waals surface area (Å²) in [4.78, 5) is 12.5. The molecule has 0 bridgehead atoms. The topological polar surface area (TPSA) is 79.0 Å². The fourth-order valence-corrected chi connectivity index (χ4v) is 2.86. The van der Waals surface area contributed by atoms with Crippen LogP contribution in [0.1, 0.15) is 29.6 Å². The van der Waals surface area contributed by atoms with Crippen LogP contribution >= 0.6 is 0 Å². The molecule has 0 spiro atoms. The standard InChI is InChI=1S/C18H20N4O2/c1-2-3-8-18(20-21-18)9-10-19-17(24)15-5-4-6-16-14(15)7-11-22(16)12-13-23/h1,4-7,11,23H,3,8-10,12-13H2,(H,19,24). The molecule has 6 heteroatoms. The summed E-state index contributed by atoms with van der Waals surface area (Å²) >= 11 is 0. The molecule has 0 atom stereocenters. The Hall–Kier alpha value is -2.65.